The lowest BCUT2D eigenvalue weighted by Crippen LogP contribution is -2.30. The Kier molecular flexibility index (Phi) is 48.5. The van der Waals surface area contributed by atoms with Crippen molar-refractivity contribution in [2.75, 3.05) is 13.2 Å². The molecule has 0 spiro atoms. The molecule has 64 heavy (non-hydrogen) atoms. The summed E-state index contributed by atoms with van der Waals surface area (Å²) in [6.07, 6.45) is 69.3. The number of hydrogen-bond donors (Lipinski definition) is 0. The van der Waals surface area contributed by atoms with Crippen molar-refractivity contribution in [2.24, 2.45) is 0 Å². The first kappa shape index (κ1) is 60.1. The average Bonchev–Trinajstić information content (AvgIpc) is 3.29. The molecule has 0 heterocycles. The van der Waals surface area contributed by atoms with Crippen LogP contribution < -0.4 is 0 Å². The number of carbonyl (C=O) groups is 3. The summed E-state index contributed by atoms with van der Waals surface area (Å²) in [6, 6.07) is 0. The van der Waals surface area contributed by atoms with Crippen LogP contribution in [0.1, 0.15) is 220 Å². The first-order valence-corrected chi connectivity index (χ1v) is 26.0. The summed E-state index contributed by atoms with van der Waals surface area (Å²) in [7, 11) is 0. The molecule has 0 saturated carbocycles. The van der Waals surface area contributed by atoms with Crippen LogP contribution in [0, 0.1) is 0 Å². The molecule has 0 rings (SSSR count). The molecule has 0 aromatic rings. The minimum absolute atomic E-state index is 0.104. The van der Waals surface area contributed by atoms with Gasteiger partial charge in [0.05, 0.1) is 0 Å². The predicted molar refractivity (Wildman–Crippen MR) is 274 cm³/mol. The lowest BCUT2D eigenvalue weighted by Gasteiger charge is -2.18. The fourth-order valence-corrected chi connectivity index (χ4v) is 6.75. The quantitative estimate of drug-likeness (QED) is 0.0199. The third-order valence-corrected chi connectivity index (χ3v) is 10.6. The van der Waals surface area contributed by atoms with E-state index in [0.717, 1.165) is 103 Å². The van der Waals surface area contributed by atoms with Gasteiger partial charge >= 0.3 is 17.9 Å². The molecule has 362 valence electrons. The number of rotatable bonds is 45. The van der Waals surface area contributed by atoms with Gasteiger partial charge in [0.15, 0.2) is 6.10 Å². The molecule has 0 N–H and O–H groups in total. The van der Waals surface area contributed by atoms with E-state index in [1.165, 1.54) is 77.0 Å². The second kappa shape index (κ2) is 51.7. The fourth-order valence-electron chi connectivity index (χ4n) is 6.75. The monoisotopic (exact) mass is 887 g/mol. The summed E-state index contributed by atoms with van der Waals surface area (Å²) in [5.74, 6) is -0.977. The van der Waals surface area contributed by atoms with Crippen LogP contribution in [-0.4, -0.2) is 37.2 Å². The molecular formula is C58H94O6. The Bertz CT molecular complexity index is 1340. The van der Waals surface area contributed by atoms with E-state index in [9.17, 15) is 14.4 Å². The van der Waals surface area contributed by atoms with Crippen LogP contribution in [0.25, 0.3) is 0 Å². The molecule has 0 amide bonds. The highest BCUT2D eigenvalue weighted by molar-refractivity contribution is 5.71. The van der Waals surface area contributed by atoms with E-state index < -0.39 is 6.10 Å². The van der Waals surface area contributed by atoms with Gasteiger partial charge in [0.1, 0.15) is 13.2 Å². The van der Waals surface area contributed by atoms with Gasteiger partial charge < -0.3 is 14.2 Å². The Morgan fingerprint density at radius 2 is 0.688 bits per heavy atom. The molecular weight excluding hydrogens is 793 g/mol. The van der Waals surface area contributed by atoms with E-state index >= 15 is 0 Å². The molecule has 0 fully saturated rings. The van der Waals surface area contributed by atoms with Crippen molar-refractivity contribution in [1.29, 1.82) is 0 Å². The minimum Gasteiger partial charge on any atom is -0.462 e. The SMILES string of the molecule is CC\C=C/C=C\C=C/C=C\CCCCCCCC(=O)OC(COC(=O)CCCC/C=C\C/C=C\C/C=C\CC)COC(=O)CCCCCCCCCCCC/C=C\C=C/CCCCC. The van der Waals surface area contributed by atoms with Gasteiger partial charge in [0.2, 0.25) is 0 Å². The second-order valence-electron chi connectivity index (χ2n) is 16.8. The van der Waals surface area contributed by atoms with Gasteiger partial charge in [-0.05, 0) is 96.3 Å². The van der Waals surface area contributed by atoms with Gasteiger partial charge in [0.25, 0.3) is 0 Å². The minimum atomic E-state index is -0.809. The molecule has 0 aromatic heterocycles. The highest BCUT2D eigenvalue weighted by atomic mass is 16.6. The molecule has 6 heteroatoms. The Hall–Kier alpha value is -3.93. The van der Waals surface area contributed by atoms with E-state index in [1.807, 2.05) is 24.3 Å². The molecule has 6 nitrogen and oxygen atoms in total. The molecule has 0 aliphatic rings. The van der Waals surface area contributed by atoms with Crippen molar-refractivity contribution in [3.05, 3.63) is 109 Å². The lowest BCUT2D eigenvalue weighted by molar-refractivity contribution is -0.167. The highest BCUT2D eigenvalue weighted by Gasteiger charge is 2.19. The summed E-state index contributed by atoms with van der Waals surface area (Å²) in [4.78, 5) is 38.0. The Morgan fingerprint density at radius 1 is 0.344 bits per heavy atom. The maximum Gasteiger partial charge on any atom is 0.306 e. The summed E-state index contributed by atoms with van der Waals surface area (Å²) < 4.78 is 16.7. The predicted octanol–water partition coefficient (Wildman–Crippen LogP) is 17.1. The molecule has 1 unspecified atom stereocenters. The van der Waals surface area contributed by atoms with Gasteiger partial charge in [-0.3, -0.25) is 14.4 Å². The molecule has 0 saturated heterocycles. The third-order valence-electron chi connectivity index (χ3n) is 10.6. The smallest absolute Gasteiger partial charge is 0.306 e. The van der Waals surface area contributed by atoms with E-state index in [2.05, 4.69) is 106 Å². The van der Waals surface area contributed by atoms with E-state index in [1.54, 1.807) is 0 Å². The van der Waals surface area contributed by atoms with Crippen LogP contribution in [0.3, 0.4) is 0 Å². The highest BCUT2D eigenvalue weighted by Crippen LogP contribution is 2.14. The van der Waals surface area contributed by atoms with Crippen LogP contribution in [0.5, 0.6) is 0 Å². The summed E-state index contributed by atoms with van der Waals surface area (Å²) in [5, 5.41) is 0. The second-order valence-corrected chi connectivity index (χ2v) is 16.8. The maximum absolute atomic E-state index is 12.8. The van der Waals surface area contributed by atoms with Gasteiger partial charge in [-0.1, -0.05) is 214 Å². The maximum atomic E-state index is 12.8. The van der Waals surface area contributed by atoms with Crippen LogP contribution in [0.4, 0.5) is 0 Å². The van der Waals surface area contributed by atoms with Crippen molar-refractivity contribution >= 4 is 17.9 Å². The largest absolute Gasteiger partial charge is 0.462 e. The van der Waals surface area contributed by atoms with Crippen molar-refractivity contribution in [2.45, 2.75) is 226 Å². The Labute approximate surface area is 393 Å². The summed E-state index contributed by atoms with van der Waals surface area (Å²) >= 11 is 0. The summed E-state index contributed by atoms with van der Waals surface area (Å²) in [5.41, 5.74) is 0. The zero-order valence-corrected chi connectivity index (χ0v) is 41.3. The first-order chi connectivity index (χ1) is 31.5. The lowest BCUT2D eigenvalue weighted by atomic mass is 10.1. The third kappa shape index (κ3) is 49.1. The number of esters is 3. The van der Waals surface area contributed by atoms with E-state index in [0.29, 0.717) is 12.8 Å². The Morgan fingerprint density at radius 3 is 1.19 bits per heavy atom. The normalized spacial score (nSPS) is 13.0. The van der Waals surface area contributed by atoms with Gasteiger partial charge in [-0.2, -0.15) is 0 Å². The number of ether oxygens (including phenoxy) is 3. The zero-order valence-electron chi connectivity index (χ0n) is 41.3. The number of hydrogen-bond acceptors (Lipinski definition) is 6. The van der Waals surface area contributed by atoms with E-state index in [4.69, 9.17) is 14.2 Å². The van der Waals surface area contributed by atoms with Crippen molar-refractivity contribution in [3.63, 3.8) is 0 Å². The average molecular weight is 887 g/mol. The topological polar surface area (TPSA) is 78.9 Å². The van der Waals surface area contributed by atoms with E-state index in [-0.39, 0.29) is 37.5 Å². The standard InChI is InChI=1S/C58H94O6/c1-4-7-10-13-16-19-22-25-27-28-29-30-32-33-36-39-42-45-48-51-57(60)63-54-55(53-62-56(59)50-47-44-41-38-35-24-21-18-15-12-9-6-3)64-58(61)52-49-46-43-40-37-34-31-26-23-20-17-14-11-8-5-2/h8-9,11-12,14,16-23,25-26,31,35,38,55H,4-7,10,13,15,24,27-30,32-34,36-37,39-54H2,1-3H3/b11-8-,12-9-,17-14-,19-16-,21-18-,23-20-,25-22-,31-26-,38-35-. The van der Waals surface area contributed by atoms with Crippen molar-refractivity contribution in [3.8, 4) is 0 Å². The molecule has 0 radical (unpaired) electrons. The summed E-state index contributed by atoms with van der Waals surface area (Å²) in [6.45, 7) is 6.29. The number of carbonyl (C=O) groups excluding carboxylic acids is 3. The molecule has 0 bridgehead atoms. The van der Waals surface area contributed by atoms with Crippen LogP contribution >= 0.6 is 0 Å². The first-order valence-electron chi connectivity index (χ1n) is 26.0. The molecule has 0 aliphatic carbocycles. The van der Waals surface area contributed by atoms with Gasteiger partial charge in [0, 0.05) is 19.3 Å². The van der Waals surface area contributed by atoms with Gasteiger partial charge in [-0.15, -0.1) is 0 Å². The van der Waals surface area contributed by atoms with Crippen LogP contribution in [0.15, 0.2) is 109 Å². The number of allylic oxidation sites excluding steroid dienone is 18. The van der Waals surface area contributed by atoms with Crippen molar-refractivity contribution in [1.82, 2.24) is 0 Å². The fraction of sp³-hybridized carbons (Fsp3) is 0.638. The molecule has 0 aliphatic heterocycles. The van der Waals surface area contributed by atoms with Gasteiger partial charge in [-0.25, -0.2) is 0 Å². The van der Waals surface area contributed by atoms with Crippen LogP contribution in [0.2, 0.25) is 0 Å². The Balaban J connectivity index is 4.44. The van der Waals surface area contributed by atoms with Crippen LogP contribution in [-0.2, 0) is 28.6 Å². The van der Waals surface area contributed by atoms with Crippen molar-refractivity contribution < 1.29 is 28.6 Å². The molecule has 0 aromatic carbocycles. The number of unbranched alkanes of at least 4 members (excludes halogenated alkanes) is 20. The molecule has 1 atom stereocenters. The zero-order chi connectivity index (χ0) is 46.5.